The molecule has 1 aromatic rings. The normalized spacial score (nSPS) is 21.8. The molecule has 5 nitrogen and oxygen atoms in total. The molecule has 1 saturated carbocycles. The summed E-state index contributed by atoms with van der Waals surface area (Å²) in [6.07, 6.45) is 8.70. The van der Waals surface area contributed by atoms with Gasteiger partial charge in [0.05, 0.1) is 11.7 Å². The lowest BCUT2D eigenvalue weighted by molar-refractivity contribution is -0.135. The number of carbonyl (C=O) groups is 1. The van der Waals surface area contributed by atoms with Gasteiger partial charge in [0.2, 0.25) is 5.91 Å². The molecule has 1 unspecified atom stereocenters. The summed E-state index contributed by atoms with van der Waals surface area (Å²) in [7, 11) is 1.98. The molecular formula is C19H34Cl2N4O. The number of halogens is 2. The fourth-order valence-electron chi connectivity index (χ4n) is 4.81. The maximum absolute atomic E-state index is 13.1. The monoisotopic (exact) mass is 404 g/mol. The first-order valence-corrected chi connectivity index (χ1v) is 9.47. The number of aryl methyl sites for hydroxylation is 2. The number of likely N-dealkylation sites (tertiary alicyclic amines) is 1. The number of nitrogens with zero attached hydrogens (tertiary/aromatic N) is 3. The Balaban J connectivity index is 0.00000169. The topological polar surface area (TPSA) is 64.2 Å². The SMILES string of the molecule is Cc1nn(C)c(C)c1C1CCCN1C(=O)CC1(CN)CCCCC1.Cl.Cl. The van der Waals surface area contributed by atoms with E-state index in [4.69, 9.17) is 5.73 Å². The molecule has 0 radical (unpaired) electrons. The molecule has 0 bridgehead atoms. The number of hydrogen-bond donors (Lipinski definition) is 1. The molecule has 1 saturated heterocycles. The maximum Gasteiger partial charge on any atom is 0.223 e. The zero-order valence-corrected chi connectivity index (χ0v) is 17.9. The van der Waals surface area contributed by atoms with E-state index in [0.29, 0.717) is 18.9 Å². The van der Waals surface area contributed by atoms with E-state index in [0.717, 1.165) is 37.9 Å². The first-order chi connectivity index (χ1) is 11.5. The van der Waals surface area contributed by atoms with Crippen molar-refractivity contribution in [3.05, 3.63) is 17.0 Å². The molecule has 2 N–H and O–H groups in total. The van der Waals surface area contributed by atoms with Gasteiger partial charge in [-0.3, -0.25) is 9.48 Å². The van der Waals surface area contributed by atoms with Crippen molar-refractivity contribution in [3.63, 3.8) is 0 Å². The predicted molar refractivity (Wildman–Crippen MR) is 110 cm³/mol. The summed E-state index contributed by atoms with van der Waals surface area (Å²) in [4.78, 5) is 15.2. The van der Waals surface area contributed by atoms with Crippen LogP contribution in [0.2, 0.25) is 0 Å². The Kier molecular flexibility index (Phi) is 8.43. The van der Waals surface area contributed by atoms with Crippen LogP contribution in [-0.2, 0) is 11.8 Å². The molecule has 0 spiro atoms. The van der Waals surface area contributed by atoms with Gasteiger partial charge >= 0.3 is 0 Å². The maximum atomic E-state index is 13.1. The van der Waals surface area contributed by atoms with Gasteiger partial charge in [0, 0.05) is 31.3 Å². The van der Waals surface area contributed by atoms with Gasteiger partial charge in [0.15, 0.2) is 0 Å². The molecule has 7 heteroatoms. The molecule has 26 heavy (non-hydrogen) atoms. The number of amides is 1. The van der Waals surface area contributed by atoms with E-state index < -0.39 is 0 Å². The van der Waals surface area contributed by atoms with Gasteiger partial charge in [-0.25, -0.2) is 0 Å². The summed E-state index contributed by atoms with van der Waals surface area (Å²) < 4.78 is 1.94. The molecule has 150 valence electrons. The second kappa shape index (κ2) is 9.43. The Hall–Kier alpha value is -0.780. The number of nitrogens with two attached hydrogens (primary N) is 1. The van der Waals surface area contributed by atoms with Crippen LogP contribution in [0.15, 0.2) is 0 Å². The van der Waals surface area contributed by atoms with Crippen molar-refractivity contribution in [2.45, 2.75) is 71.3 Å². The largest absolute Gasteiger partial charge is 0.336 e. The zero-order valence-electron chi connectivity index (χ0n) is 16.3. The summed E-state index contributed by atoms with van der Waals surface area (Å²) in [5, 5.41) is 4.55. The van der Waals surface area contributed by atoms with Crippen LogP contribution in [-0.4, -0.2) is 33.7 Å². The van der Waals surface area contributed by atoms with E-state index >= 15 is 0 Å². The fraction of sp³-hybridized carbons (Fsp3) is 0.789. The van der Waals surface area contributed by atoms with E-state index in [1.54, 1.807) is 0 Å². The van der Waals surface area contributed by atoms with Crippen LogP contribution in [0, 0.1) is 19.3 Å². The van der Waals surface area contributed by atoms with Crippen molar-refractivity contribution in [2.75, 3.05) is 13.1 Å². The third kappa shape index (κ3) is 4.37. The Bertz CT molecular complexity index is 611. The molecule has 1 atom stereocenters. The lowest BCUT2D eigenvalue weighted by atomic mass is 9.71. The minimum atomic E-state index is 0. The Morgan fingerprint density at radius 3 is 2.38 bits per heavy atom. The molecule has 1 aromatic heterocycles. The predicted octanol–water partition coefficient (Wildman–Crippen LogP) is 3.84. The molecule has 2 aliphatic rings. The summed E-state index contributed by atoms with van der Waals surface area (Å²) >= 11 is 0. The van der Waals surface area contributed by atoms with Crippen molar-refractivity contribution in [1.29, 1.82) is 0 Å². The standard InChI is InChI=1S/C19H32N4O.2ClH/c1-14-18(15(2)22(3)21-14)16-8-7-11-23(16)17(24)12-19(13-20)9-5-4-6-10-19;;/h16H,4-13,20H2,1-3H3;2*1H. The van der Waals surface area contributed by atoms with E-state index in [2.05, 4.69) is 23.8 Å². The Morgan fingerprint density at radius 2 is 1.85 bits per heavy atom. The van der Waals surface area contributed by atoms with Crippen molar-refractivity contribution in [1.82, 2.24) is 14.7 Å². The number of rotatable bonds is 4. The van der Waals surface area contributed by atoms with Gasteiger partial charge < -0.3 is 10.6 Å². The Morgan fingerprint density at radius 1 is 1.19 bits per heavy atom. The highest BCUT2D eigenvalue weighted by Gasteiger charge is 2.38. The lowest BCUT2D eigenvalue weighted by Gasteiger charge is -2.37. The van der Waals surface area contributed by atoms with Gasteiger partial charge in [0.25, 0.3) is 0 Å². The zero-order chi connectivity index (χ0) is 17.3. The van der Waals surface area contributed by atoms with Crippen LogP contribution in [0.5, 0.6) is 0 Å². The quantitative estimate of drug-likeness (QED) is 0.828. The van der Waals surface area contributed by atoms with Gasteiger partial charge in [-0.2, -0.15) is 5.10 Å². The molecule has 1 aliphatic heterocycles. The van der Waals surface area contributed by atoms with Crippen LogP contribution in [0.3, 0.4) is 0 Å². The molecule has 1 amide bonds. The lowest BCUT2D eigenvalue weighted by Crippen LogP contribution is -2.40. The van der Waals surface area contributed by atoms with Crippen LogP contribution in [0.4, 0.5) is 0 Å². The Labute approximate surface area is 169 Å². The first kappa shape index (κ1) is 23.3. The average Bonchev–Trinajstić information content (AvgIpc) is 3.13. The van der Waals surface area contributed by atoms with Gasteiger partial charge in [0.1, 0.15) is 0 Å². The third-order valence-corrected chi connectivity index (χ3v) is 6.34. The van der Waals surface area contributed by atoms with Crippen LogP contribution in [0.25, 0.3) is 0 Å². The minimum absolute atomic E-state index is 0. The number of aromatic nitrogens is 2. The van der Waals surface area contributed by atoms with E-state index in [1.165, 1.54) is 30.5 Å². The molecular weight excluding hydrogens is 371 g/mol. The van der Waals surface area contributed by atoms with Crippen LogP contribution in [0.1, 0.15) is 74.4 Å². The smallest absolute Gasteiger partial charge is 0.223 e. The molecule has 1 aliphatic carbocycles. The average molecular weight is 405 g/mol. The first-order valence-electron chi connectivity index (χ1n) is 9.47. The van der Waals surface area contributed by atoms with Crippen LogP contribution < -0.4 is 5.73 Å². The van der Waals surface area contributed by atoms with E-state index in [1.807, 2.05) is 11.7 Å². The second-order valence-electron chi connectivity index (χ2n) is 7.89. The molecule has 3 rings (SSSR count). The summed E-state index contributed by atoms with van der Waals surface area (Å²) in [5.74, 6) is 0.299. The highest BCUT2D eigenvalue weighted by atomic mass is 35.5. The van der Waals surface area contributed by atoms with Gasteiger partial charge in [-0.15, -0.1) is 24.8 Å². The van der Waals surface area contributed by atoms with E-state index in [-0.39, 0.29) is 36.3 Å². The minimum Gasteiger partial charge on any atom is -0.336 e. The fourth-order valence-corrected chi connectivity index (χ4v) is 4.81. The summed E-state index contributed by atoms with van der Waals surface area (Å²) in [5.41, 5.74) is 9.64. The van der Waals surface area contributed by atoms with Crippen molar-refractivity contribution in [3.8, 4) is 0 Å². The van der Waals surface area contributed by atoms with Crippen LogP contribution >= 0.6 is 24.8 Å². The van der Waals surface area contributed by atoms with E-state index in [9.17, 15) is 4.79 Å². The molecule has 2 heterocycles. The number of hydrogen-bond acceptors (Lipinski definition) is 3. The highest BCUT2D eigenvalue weighted by molar-refractivity contribution is 5.85. The second-order valence-corrected chi connectivity index (χ2v) is 7.89. The van der Waals surface area contributed by atoms with Gasteiger partial charge in [-0.1, -0.05) is 19.3 Å². The van der Waals surface area contributed by atoms with Gasteiger partial charge in [-0.05, 0) is 51.5 Å². The highest BCUT2D eigenvalue weighted by Crippen LogP contribution is 2.41. The third-order valence-electron chi connectivity index (χ3n) is 6.34. The van der Waals surface area contributed by atoms with Crippen molar-refractivity contribution >= 4 is 30.7 Å². The number of carbonyl (C=O) groups excluding carboxylic acids is 1. The van der Waals surface area contributed by atoms with Crippen molar-refractivity contribution in [2.24, 2.45) is 18.2 Å². The molecule has 0 aromatic carbocycles. The molecule has 2 fully saturated rings. The van der Waals surface area contributed by atoms with Crippen molar-refractivity contribution < 1.29 is 4.79 Å². The summed E-state index contributed by atoms with van der Waals surface area (Å²) in [6, 6.07) is 0.199. The summed E-state index contributed by atoms with van der Waals surface area (Å²) in [6.45, 7) is 5.69.